The van der Waals surface area contributed by atoms with Crippen molar-refractivity contribution in [2.24, 2.45) is 4.99 Å². The number of hydrogen-bond acceptors (Lipinski definition) is 2. The maximum atomic E-state index is 11.7. The third kappa shape index (κ3) is 6.35. The zero-order valence-electron chi connectivity index (χ0n) is 13.9. The van der Waals surface area contributed by atoms with E-state index in [1.807, 2.05) is 45.0 Å². The molecule has 1 rings (SSSR count). The predicted molar refractivity (Wildman–Crippen MR) is 92.3 cm³/mol. The SMILES string of the molecule is CC(C)NC(=NCC(=O)N(C)C)NC(C)c1cccc(Cl)c1. The van der Waals surface area contributed by atoms with Gasteiger partial charge in [-0.05, 0) is 38.5 Å². The minimum absolute atomic E-state index is 0.0261. The Kier molecular flexibility index (Phi) is 7.18. The summed E-state index contributed by atoms with van der Waals surface area (Å²) >= 11 is 6.02. The molecule has 0 spiro atoms. The van der Waals surface area contributed by atoms with Crippen molar-refractivity contribution in [1.29, 1.82) is 0 Å². The highest BCUT2D eigenvalue weighted by atomic mass is 35.5. The predicted octanol–water partition coefficient (Wildman–Crippen LogP) is 2.43. The van der Waals surface area contributed by atoms with Crippen LogP contribution in [0, 0.1) is 0 Å². The van der Waals surface area contributed by atoms with Gasteiger partial charge in [0.15, 0.2) is 5.96 Å². The van der Waals surface area contributed by atoms with Gasteiger partial charge in [0.25, 0.3) is 0 Å². The van der Waals surface area contributed by atoms with Crippen LogP contribution < -0.4 is 10.6 Å². The second-order valence-electron chi connectivity index (χ2n) is 5.67. The molecule has 5 nitrogen and oxygen atoms in total. The number of likely N-dealkylation sites (N-methyl/N-ethyl adjacent to an activating group) is 1. The first-order valence-electron chi connectivity index (χ1n) is 7.32. The summed E-state index contributed by atoms with van der Waals surface area (Å²) in [5, 5.41) is 7.22. The summed E-state index contributed by atoms with van der Waals surface area (Å²) in [6.07, 6.45) is 0. The summed E-state index contributed by atoms with van der Waals surface area (Å²) in [6, 6.07) is 7.91. The fourth-order valence-electron chi connectivity index (χ4n) is 1.76. The first-order chi connectivity index (χ1) is 10.3. The van der Waals surface area contributed by atoms with E-state index >= 15 is 0 Å². The van der Waals surface area contributed by atoms with Gasteiger partial charge in [-0.3, -0.25) is 4.79 Å². The van der Waals surface area contributed by atoms with E-state index in [1.165, 1.54) is 4.90 Å². The lowest BCUT2D eigenvalue weighted by Crippen LogP contribution is -2.43. The quantitative estimate of drug-likeness (QED) is 0.646. The Labute approximate surface area is 137 Å². The number of nitrogens with zero attached hydrogens (tertiary/aromatic N) is 2. The fourth-order valence-corrected chi connectivity index (χ4v) is 1.96. The van der Waals surface area contributed by atoms with Crippen molar-refractivity contribution in [3.05, 3.63) is 34.9 Å². The van der Waals surface area contributed by atoms with Crippen LogP contribution in [0.2, 0.25) is 5.02 Å². The second kappa shape index (κ2) is 8.63. The largest absolute Gasteiger partial charge is 0.354 e. The number of aliphatic imine (C=N–C) groups is 1. The van der Waals surface area contributed by atoms with Crippen LogP contribution in [0.25, 0.3) is 0 Å². The van der Waals surface area contributed by atoms with Gasteiger partial charge in [-0.25, -0.2) is 4.99 Å². The molecule has 0 aromatic heterocycles. The highest BCUT2D eigenvalue weighted by molar-refractivity contribution is 6.30. The van der Waals surface area contributed by atoms with Crippen molar-refractivity contribution in [1.82, 2.24) is 15.5 Å². The van der Waals surface area contributed by atoms with Crippen LogP contribution in [-0.4, -0.2) is 43.4 Å². The van der Waals surface area contributed by atoms with Crippen LogP contribution in [-0.2, 0) is 4.79 Å². The molecule has 1 atom stereocenters. The van der Waals surface area contributed by atoms with Crippen LogP contribution in [0.15, 0.2) is 29.3 Å². The van der Waals surface area contributed by atoms with Gasteiger partial charge in [0, 0.05) is 25.2 Å². The summed E-state index contributed by atoms with van der Waals surface area (Å²) in [5.74, 6) is 0.568. The van der Waals surface area contributed by atoms with E-state index in [-0.39, 0.29) is 24.5 Å². The monoisotopic (exact) mass is 324 g/mol. The Bertz CT molecular complexity index is 529. The van der Waals surface area contributed by atoms with Crippen LogP contribution in [0.3, 0.4) is 0 Å². The number of carbonyl (C=O) groups excluding carboxylic acids is 1. The summed E-state index contributed by atoms with van der Waals surface area (Å²) in [4.78, 5) is 17.5. The number of benzene rings is 1. The van der Waals surface area contributed by atoms with Crippen molar-refractivity contribution in [3.63, 3.8) is 0 Å². The van der Waals surface area contributed by atoms with Crippen molar-refractivity contribution in [2.45, 2.75) is 32.9 Å². The molecule has 6 heteroatoms. The van der Waals surface area contributed by atoms with Crippen LogP contribution >= 0.6 is 11.6 Å². The van der Waals surface area contributed by atoms with E-state index in [2.05, 4.69) is 15.6 Å². The van der Waals surface area contributed by atoms with Gasteiger partial charge in [0.05, 0.1) is 6.04 Å². The molecule has 1 aromatic carbocycles. The van der Waals surface area contributed by atoms with Crippen LogP contribution in [0.1, 0.15) is 32.4 Å². The molecule has 0 bridgehead atoms. The smallest absolute Gasteiger partial charge is 0.243 e. The van der Waals surface area contributed by atoms with E-state index in [4.69, 9.17) is 11.6 Å². The fraction of sp³-hybridized carbons (Fsp3) is 0.500. The molecule has 1 aromatic rings. The highest BCUT2D eigenvalue weighted by Crippen LogP contribution is 2.17. The normalized spacial score (nSPS) is 13.0. The standard InChI is InChI=1S/C16H25ClN4O/c1-11(2)19-16(18-10-15(22)21(4)5)20-12(3)13-7-6-8-14(17)9-13/h6-9,11-12H,10H2,1-5H3,(H2,18,19,20). The Morgan fingerprint density at radius 1 is 1.27 bits per heavy atom. The molecule has 0 saturated heterocycles. The average Bonchev–Trinajstić information content (AvgIpc) is 2.43. The molecule has 0 radical (unpaired) electrons. The van der Waals surface area contributed by atoms with Crippen molar-refractivity contribution in [3.8, 4) is 0 Å². The number of guanidine groups is 1. The molecule has 0 fully saturated rings. The van der Waals surface area contributed by atoms with Gasteiger partial charge in [-0.1, -0.05) is 23.7 Å². The first kappa shape index (κ1) is 18.3. The third-order valence-electron chi connectivity index (χ3n) is 3.00. The molecule has 122 valence electrons. The summed E-state index contributed by atoms with van der Waals surface area (Å²) in [5.41, 5.74) is 1.06. The summed E-state index contributed by atoms with van der Waals surface area (Å²) in [7, 11) is 3.44. The number of rotatable bonds is 5. The number of hydrogen-bond donors (Lipinski definition) is 2. The topological polar surface area (TPSA) is 56.7 Å². The van der Waals surface area contributed by atoms with E-state index < -0.39 is 0 Å². The molecule has 2 N–H and O–H groups in total. The minimum atomic E-state index is -0.0414. The average molecular weight is 325 g/mol. The van der Waals surface area contributed by atoms with Crippen molar-refractivity contribution in [2.75, 3.05) is 20.6 Å². The lowest BCUT2D eigenvalue weighted by molar-refractivity contribution is -0.127. The van der Waals surface area contributed by atoms with Crippen molar-refractivity contribution >= 4 is 23.5 Å². The third-order valence-corrected chi connectivity index (χ3v) is 3.23. The molecular formula is C16H25ClN4O. The first-order valence-corrected chi connectivity index (χ1v) is 7.70. The van der Waals surface area contributed by atoms with Gasteiger partial charge < -0.3 is 15.5 Å². The van der Waals surface area contributed by atoms with Gasteiger partial charge >= 0.3 is 0 Å². The number of halogens is 1. The van der Waals surface area contributed by atoms with E-state index in [1.54, 1.807) is 14.1 Å². The maximum Gasteiger partial charge on any atom is 0.243 e. The van der Waals surface area contributed by atoms with Gasteiger partial charge in [-0.15, -0.1) is 0 Å². The molecule has 0 aliphatic heterocycles. The molecule has 0 heterocycles. The van der Waals surface area contributed by atoms with Gasteiger partial charge in [0.1, 0.15) is 6.54 Å². The molecule has 0 saturated carbocycles. The molecule has 1 amide bonds. The zero-order chi connectivity index (χ0) is 16.7. The number of nitrogens with one attached hydrogen (secondary N) is 2. The minimum Gasteiger partial charge on any atom is -0.354 e. The van der Waals surface area contributed by atoms with E-state index in [0.29, 0.717) is 11.0 Å². The lowest BCUT2D eigenvalue weighted by atomic mass is 10.1. The lowest BCUT2D eigenvalue weighted by Gasteiger charge is -2.21. The van der Waals surface area contributed by atoms with E-state index in [9.17, 15) is 4.79 Å². The van der Waals surface area contributed by atoms with Crippen molar-refractivity contribution < 1.29 is 4.79 Å². The number of carbonyl (C=O) groups is 1. The Morgan fingerprint density at radius 3 is 2.50 bits per heavy atom. The number of amides is 1. The van der Waals surface area contributed by atoms with E-state index in [0.717, 1.165) is 5.56 Å². The Balaban J connectivity index is 2.79. The molecule has 22 heavy (non-hydrogen) atoms. The molecular weight excluding hydrogens is 300 g/mol. The molecule has 0 aliphatic carbocycles. The van der Waals surface area contributed by atoms with Crippen LogP contribution in [0.5, 0.6) is 0 Å². The summed E-state index contributed by atoms with van der Waals surface area (Å²) < 4.78 is 0. The Morgan fingerprint density at radius 2 is 1.95 bits per heavy atom. The Hall–Kier alpha value is -1.75. The zero-order valence-corrected chi connectivity index (χ0v) is 14.6. The van der Waals surface area contributed by atoms with Gasteiger partial charge in [-0.2, -0.15) is 0 Å². The van der Waals surface area contributed by atoms with Gasteiger partial charge in [0.2, 0.25) is 5.91 Å². The molecule has 1 unspecified atom stereocenters. The second-order valence-corrected chi connectivity index (χ2v) is 6.11. The van der Waals surface area contributed by atoms with Crippen LogP contribution in [0.4, 0.5) is 0 Å². The highest BCUT2D eigenvalue weighted by Gasteiger charge is 2.10. The summed E-state index contributed by atoms with van der Waals surface area (Å²) in [6.45, 7) is 6.18. The molecule has 0 aliphatic rings. The maximum absolute atomic E-state index is 11.7.